The maximum Gasteiger partial charge on any atom is 0.262 e. The molecule has 8 nitrogen and oxygen atoms in total. The van der Waals surface area contributed by atoms with Crippen LogP contribution in [0.15, 0.2) is 18.6 Å². The molecule has 0 spiro atoms. The van der Waals surface area contributed by atoms with E-state index in [1.165, 1.54) is 6.33 Å². The van der Waals surface area contributed by atoms with E-state index in [0.717, 1.165) is 37.2 Å². The molecule has 3 rings (SSSR count). The first-order valence-corrected chi connectivity index (χ1v) is 8.11. The van der Waals surface area contributed by atoms with Gasteiger partial charge in [-0.1, -0.05) is 0 Å². The van der Waals surface area contributed by atoms with Crippen LogP contribution in [0.25, 0.3) is 0 Å². The molecule has 2 aromatic heterocycles. The van der Waals surface area contributed by atoms with Crippen LogP contribution in [0.3, 0.4) is 0 Å². The van der Waals surface area contributed by atoms with E-state index in [1.54, 1.807) is 19.4 Å². The minimum atomic E-state index is 0.108. The molecule has 0 amide bonds. The quantitative estimate of drug-likeness (QED) is 0.851. The second kappa shape index (κ2) is 7.77. The fourth-order valence-corrected chi connectivity index (χ4v) is 2.66. The number of anilines is 2. The number of methoxy groups -OCH3 is 1. The molecule has 25 heavy (non-hydrogen) atoms. The van der Waals surface area contributed by atoms with Crippen LogP contribution in [0.5, 0.6) is 11.6 Å². The van der Waals surface area contributed by atoms with Gasteiger partial charge in [-0.15, -0.1) is 0 Å². The molecule has 2 aromatic rings. The lowest BCUT2D eigenvalue weighted by molar-refractivity contribution is 0.149. The van der Waals surface area contributed by atoms with Gasteiger partial charge >= 0.3 is 0 Å². The minimum absolute atomic E-state index is 0.108. The van der Waals surface area contributed by atoms with Gasteiger partial charge in [-0.2, -0.15) is 10.2 Å². The molecule has 1 aliphatic heterocycles. The summed E-state index contributed by atoms with van der Waals surface area (Å²) >= 11 is 0. The summed E-state index contributed by atoms with van der Waals surface area (Å²) in [5.41, 5.74) is 1.99. The van der Waals surface area contributed by atoms with E-state index in [2.05, 4.69) is 25.6 Å². The topological polar surface area (TPSA) is 105 Å². The van der Waals surface area contributed by atoms with Gasteiger partial charge in [-0.3, -0.25) is 0 Å². The van der Waals surface area contributed by atoms with Crippen molar-refractivity contribution in [2.24, 2.45) is 0 Å². The van der Waals surface area contributed by atoms with Crippen molar-refractivity contribution < 1.29 is 9.47 Å². The Morgan fingerprint density at radius 2 is 2.08 bits per heavy atom. The first-order chi connectivity index (χ1) is 12.2. The van der Waals surface area contributed by atoms with Crippen molar-refractivity contribution in [2.45, 2.75) is 25.9 Å². The molecular weight excluding hydrogens is 320 g/mol. The van der Waals surface area contributed by atoms with E-state index in [4.69, 9.17) is 14.7 Å². The largest absolute Gasteiger partial charge is 0.489 e. The average molecular weight is 340 g/mol. The lowest BCUT2D eigenvalue weighted by atomic mass is 10.1. The third-order valence-corrected chi connectivity index (χ3v) is 4.02. The summed E-state index contributed by atoms with van der Waals surface area (Å²) in [6, 6.07) is 3.73. The van der Waals surface area contributed by atoms with E-state index in [0.29, 0.717) is 23.1 Å². The third-order valence-electron chi connectivity index (χ3n) is 4.02. The molecule has 0 saturated carbocycles. The Morgan fingerprint density at radius 1 is 1.28 bits per heavy atom. The number of rotatable bonds is 5. The van der Waals surface area contributed by atoms with Gasteiger partial charge in [-0.25, -0.2) is 9.97 Å². The first-order valence-electron chi connectivity index (χ1n) is 8.11. The van der Waals surface area contributed by atoms with Crippen LogP contribution >= 0.6 is 0 Å². The van der Waals surface area contributed by atoms with E-state index in [-0.39, 0.29) is 6.10 Å². The van der Waals surface area contributed by atoms with Gasteiger partial charge in [0.1, 0.15) is 24.2 Å². The molecule has 1 aliphatic rings. The van der Waals surface area contributed by atoms with Crippen LogP contribution in [0, 0.1) is 18.3 Å². The maximum atomic E-state index is 8.92. The van der Waals surface area contributed by atoms with Crippen molar-refractivity contribution in [3.05, 3.63) is 29.8 Å². The van der Waals surface area contributed by atoms with Gasteiger partial charge in [0.2, 0.25) is 5.75 Å². The number of nitrogens with zero attached hydrogens (tertiary/aromatic N) is 4. The SMILES string of the molecule is COc1c(Nc2cnc(C#N)cc2C)ncnc1OC1CCNCC1. The Balaban J connectivity index is 1.84. The number of piperidine rings is 1. The highest BCUT2D eigenvalue weighted by Crippen LogP contribution is 2.34. The van der Waals surface area contributed by atoms with Crippen LogP contribution in [0.4, 0.5) is 11.5 Å². The number of nitriles is 1. The van der Waals surface area contributed by atoms with Gasteiger partial charge in [0.25, 0.3) is 5.88 Å². The Kier molecular flexibility index (Phi) is 5.26. The third kappa shape index (κ3) is 3.95. The van der Waals surface area contributed by atoms with E-state index < -0.39 is 0 Å². The second-order valence-corrected chi connectivity index (χ2v) is 5.75. The molecule has 0 aromatic carbocycles. The van der Waals surface area contributed by atoms with E-state index >= 15 is 0 Å². The number of nitrogens with one attached hydrogen (secondary N) is 2. The fraction of sp³-hybridized carbons (Fsp3) is 0.412. The second-order valence-electron chi connectivity index (χ2n) is 5.75. The number of ether oxygens (including phenoxy) is 2. The number of hydrogen-bond acceptors (Lipinski definition) is 8. The van der Waals surface area contributed by atoms with Gasteiger partial charge in [0, 0.05) is 0 Å². The highest BCUT2D eigenvalue weighted by atomic mass is 16.5. The highest BCUT2D eigenvalue weighted by molar-refractivity contribution is 5.66. The lowest BCUT2D eigenvalue weighted by Gasteiger charge is -2.24. The molecule has 130 valence electrons. The molecule has 8 heteroatoms. The van der Waals surface area contributed by atoms with Crippen LogP contribution in [-0.2, 0) is 0 Å². The predicted molar refractivity (Wildman–Crippen MR) is 92.1 cm³/mol. The Labute approximate surface area is 146 Å². The molecule has 0 bridgehead atoms. The summed E-state index contributed by atoms with van der Waals surface area (Å²) in [6.45, 7) is 3.75. The van der Waals surface area contributed by atoms with Crippen molar-refractivity contribution in [3.8, 4) is 17.7 Å². The van der Waals surface area contributed by atoms with Crippen molar-refractivity contribution in [1.82, 2.24) is 20.3 Å². The summed E-state index contributed by atoms with van der Waals surface area (Å²) in [5.74, 6) is 1.37. The zero-order chi connectivity index (χ0) is 17.6. The Morgan fingerprint density at radius 3 is 2.76 bits per heavy atom. The molecule has 3 heterocycles. The van der Waals surface area contributed by atoms with E-state index in [9.17, 15) is 0 Å². The summed E-state index contributed by atoms with van der Waals surface area (Å²) in [4.78, 5) is 12.5. The van der Waals surface area contributed by atoms with Crippen LogP contribution < -0.4 is 20.1 Å². The molecule has 1 saturated heterocycles. The Hall–Kier alpha value is -2.92. The summed E-state index contributed by atoms with van der Waals surface area (Å²) in [7, 11) is 1.56. The number of pyridine rings is 1. The molecule has 0 atom stereocenters. The van der Waals surface area contributed by atoms with Crippen molar-refractivity contribution in [2.75, 3.05) is 25.5 Å². The number of hydrogen-bond donors (Lipinski definition) is 2. The number of aryl methyl sites for hydroxylation is 1. The van der Waals surface area contributed by atoms with Crippen LogP contribution in [0.1, 0.15) is 24.1 Å². The number of aromatic nitrogens is 3. The van der Waals surface area contributed by atoms with Gasteiger partial charge < -0.3 is 20.1 Å². The lowest BCUT2D eigenvalue weighted by Crippen LogP contribution is -2.34. The summed E-state index contributed by atoms with van der Waals surface area (Å²) in [6.07, 6.45) is 5.00. The van der Waals surface area contributed by atoms with Crippen molar-refractivity contribution in [3.63, 3.8) is 0 Å². The normalized spacial score (nSPS) is 14.6. The molecular formula is C17H20N6O2. The average Bonchev–Trinajstić information content (AvgIpc) is 2.64. The zero-order valence-electron chi connectivity index (χ0n) is 14.2. The summed E-state index contributed by atoms with van der Waals surface area (Å²) < 4.78 is 11.5. The van der Waals surface area contributed by atoms with Crippen molar-refractivity contribution in [1.29, 1.82) is 5.26 Å². The molecule has 1 fully saturated rings. The standard InChI is InChI=1S/C17H20N6O2/c1-11-7-12(8-18)20-9-14(11)23-16-15(24-2)17(22-10-21-16)25-13-3-5-19-6-4-13/h7,9-10,13,19H,3-6H2,1-2H3,(H,21,22,23). The molecule has 2 N–H and O–H groups in total. The van der Waals surface area contributed by atoms with E-state index in [1.807, 2.05) is 13.0 Å². The van der Waals surface area contributed by atoms with Gasteiger partial charge in [0.05, 0.1) is 19.0 Å². The van der Waals surface area contributed by atoms with Crippen molar-refractivity contribution >= 4 is 11.5 Å². The van der Waals surface area contributed by atoms with Gasteiger partial charge in [0.15, 0.2) is 5.82 Å². The smallest absolute Gasteiger partial charge is 0.262 e. The monoisotopic (exact) mass is 340 g/mol. The highest BCUT2D eigenvalue weighted by Gasteiger charge is 2.20. The van der Waals surface area contributed by atoms with Crippen LogP contribution in [0.2, 0.25) is 0 Å². The molecule has 0 aliphatic carbocycles. The zero-order valence-corrected chi connectivity index (χ0v) is 14.2. The maximum absolute atomic E-state index is 8.92. The predicted octanol–water partition coefficient (Wildman–Crippen LogP) is 1.93. The molecule has 0 radical (unpaired) electrons. The Bertz CT molecular complexity index is 783. The van der Waals surface area contributed by atoms with Crippen LogP contribution in [-0.4, -0.2) is 41.3 Å². The fourth-order valence-electron chi connectivity index (χ4n) is 2.66. The summed E-state index contributed by atoms with van der Waals surface area (Å²) in [5, 5.41) is 15.4. The first kappa shape index (κ1) is 16.9. The minimum Gasteiger partial charge on any atom is -0.489 e. The molecule has 0 unspecified atom stereocenters. The van der Waals surface area contributed by atoms with Gasteiger partial charge in [-0.05, 0) is 44.5 Å².